The molecular formula is C32H32N2O5. The molecule has 39 heavy (non-hydrogen) atoms. The van der Waals surface area contributed by atoms with Crippen LogP contribution in [-0.2, 0) is 11.3 Å². The normalized spacial score (nSPS) is 15.4. The highest BCUT2D eigenvalue weighted by Crippen LogP contribution is 2.26. The molecule has 0 aromatic heterocycles. The van der Waals surface area contributed by atoms with Crippen molar-refractivity contribution in [1.82, 2.24) is 9.80 Å². The van der Waals surface area contributed by atoms with Crippen LogP contribution < -0.4 is 0 Å². The first-order valence-electron chi connectivity index (χ1n) is 13.6. The Labute approximate surface area is 228 Å². The summed E-state index contributed by atoms with van der Waals surface area (Å²) in [5.41, 5.74) is 2.75. The van der Waals surface area contributed by atoms with Crippen LogP contribution in [0.3, 0.4) is 0 Å². The molecule has 2 aliphatic rings. The van der Waals surface area contributed by atoms with Crippen molar-refractivity contribution in [2.75, 3.05) is 19.6 Å². The van der Waals surface area contributed by atoms with Gasteiger partial charge < -0.3 is 9.64 Å². The predicted molar refractivity (Wildman–Crippen MR) is 146 cm³/mol. The highest BCUT2D eigenvalue weighted by atomic mass is 16.5. The van der Waals surface area contributed by atoms with Crippen molar-refractivity contribution >= 4 is 23.7 Å². The Kier molecular flexibility index (Phi) is 8.16. The molecule has 1 saturated heterocycles. The molecule has 2 heterocycles. The van der Waals surface area contributed by atoms with Gasteiger partial charge in [-0.2, -0.15) is 0 Å². The highest BCUT2D eigenvalue weighted by molar-refractivity contribution is 6.21. The maximum Gasteiger partial charge on any atom is 0.338 e. The van der Waals surface area contributed by atoms with E-state index < -0.39 is 5.97 Å². The second kappa shape index (κ2) is 12.1. The molecule has 0 atom stereocenters. The number of unbranched alkanes of at least 4 members (excludes halogenated alkanes) is 1. The van der Waals surface area contributed by atoms with Gasteiger partial charge in [-0.1, -0.05) is 61.4 Å². The number of rotatable bonds is 9. The van der Waals surface area contributed by atoms with Gasteiger partial charge in [0.05, 0.1) is 16.7 Å². The summed E-state index contributed by atoms with van der Waals surface area (Å²) in [7, 11) is 0. The Balaban J connectivity index is 1.05. The maximum absolute atomic E-state index is 13.1. The van der Waals surface area contributed by atoms with Crippen molar-refractivity contribution < 1.29 is 23.9 Å². The minimum Gasteiger partial charge on any atom is -0.457 e. The Morgan fingerprint density at radius 2 is 1.41 bits per heavy atom. The van der Waals surface area contributed by atoms with Gasteiger partial charge in [-0.15, -0.1) is 0 Å². The van der Waals surface area contributed by atoms with E-state index >= 15 is 0 Å². The van der Waals surface area contributed by atoms with Crippen LogP contribution in [0.25, 0.3) is 0 Å². The number of ether oxygens (including phenoxy) is 1. The Hall–Kier alpha value is -4.26. The number of hydrogen-bond acceptors (Lipinski definition) is 5. The average molecular weight is 525 g/mol. The van der Waals surface area contributed by atoms with Gasteiger partial charge >= 0.3 is 5.97 Å². The zero-order valence-electron chi connectivity index (χ0n) is 21.9. The molecule has 0 saturated carbocycles. The first-order valence-corrected chi connectivity index (χ1v) is 13.6. The van der Waals surface area contributed by atoms with Crippen molar-refractivity contribution in [2.45, 2.75) is 38.7 Å². The van der Waals surface area contributed by atoms with Crippen molar-refractivity contribution in [3.63, 3.8) is 0 Å². The van der Waals surface area contributed by atoms with E-state index in [1.165, 1.54) is 4.90 Å². The SMILES string of the molecule is O=C(OCc1ccccc1)c1cccc(C(=O)N2CCC(CCCCN3C(=O)c4ccccc4C3=O)CC2)c1. The molecule has 5 rings (SSSR count). The average Bonchev–Trinajstić information content (AvgIpc) is 3.23. The third kappa shape index (κ3) is 6.08. The molecule has 0 aliphatic carbocycles. The third-order valence-corrected chi connectivity index (χ3v) is 7.58. The van der Waals surface area contributed by atoms with Gasteiger partial charge in [0, 0.05) is 25.2 Å². The van der Waals surface area contributed by atoms with Crippen molar-refractivity contribution in [1.29, 1.82) is 0 Å². The molecule has 2 aliphatic heterocycles. The van der Waals surface area contributed by atoms with E-state index in [2.05, 4.69) is 0 Å². The predicted octanol–water partition coefficient (Wildman–Crippen LogP) is 5.36. The molecule has 7 heteroatoms. The lowest BCUT2D eigenvalue weighted by molar-refractivity contribution is 0.0472. The van der Waals surface area contributed by atoms with E-state index in [4.69, 9.17) is 4.74 Å². The van der Waals surface area contributed by atoms with Gasteiger partial charge in [0.25, 0.3) is 17.7 Å². The van der Waals surface area contributed by atoms with Gasteiger partial charge in [0.2, 0.25) is 0 Å². The van der Waals surface area contributed by atoms with E-state index in [1.54, 1.807) is 48.5 Å². The van der Waals surface area contributed by atoms with Gasteiger partial charge in [-0.3, -0.25) is 19.3 Å². The van der Waals surface area contributed by atoms with Crippen LogP contribution in [0.4, 0.5) is 0 Å². The largest absolute Gasteiger partial charge is 0.457 e. The number of fused-ring (bicyclic) bond motifs is 1. The van der Waals surface area contributed by atoms with E-state index in [-0.39, 0.29) is 24.3 Å². The maximum atomic E-state index is 13.1. The summed E-state index contributed by atoms with van der Waals surface area (Å²) < 4.78 is 5.41. The number of carbonyl (C=O) groups excluding carboxylic acids is 4. The summed E-state index contributed by atoms with van der Waals surface area (Å²) in [6, 6.07) is 23.2. The van der Waals surface area contributed by atoms with Crippen LogP contribution in [0.2, 0.25) is 0 Å². The fraction of sp³-hybridized carbons (Fsp3) is 0.312. The van der Waals surface area contributed by atoms with Crippen LogP contribution in [0, 0.1) is 5.92 Å². The number of piperidine rings is 1. The second-order valence-corrected chi connectivity index (χ2v) is 10.2. The second-order valence-electron chi connectivity index (χ2n) is 10.2. The topological polar surface area (TPSA) is 84.0 Å². The number of hydrogen-bond donors (Lipinski definition) is 0. The number of carbonyl (C=O) groups is 4. The smallest absolute Gasteiger partial charge is 0.338 e. The molecule has 0 spiro atoms. The molecule has 0 unspecified atom stereocenters. The van der Waals surface area contributed by atoms with E-state index in [9.17, 15) is 19.2 Å². The van der Waals surface area contributed by atoms with Crippen molar-refractivity contribution in [3.05, 3.63) is 107 Å². The van der Waals surface area contributed by atoms with E-state index in [0.717, 1.165) is 37.7 Å². The summed E-state index contributed by atoms with van der Waals surface area (Å²) >= 11 is 0. The summed E-state index contributed by atoms with van der Waals surface area (Å²) in [4.78, 5) is 53.9. The minimum atomic E-state index is -0.451. The van der Waals surface area contributed by atoms with Crippen molar-refractivity contribution in [3.8, 4) is 0 Å². The fourth-order valence-electron chi connectivity index (χ4n) is 5.34. The molecule has 1 fully saturated rings. The lowest BCUT2D eigenvalue weighted by Gasteiger charge is -2.32. The molecule has 0 N–H and O–H groups in total. The summed E-state index contributed by atoms with van der Waals surface area (Å²) in [5, 5.41) is 0. The Bertz CT molecular complexity index is 1330. The quantitative estimate of drug-likeness (QED) is 0.214. The van der Waals surface area contributed by atoms with Crippen LogP contribution in [-0.4, -0.2) is 53.1 Å². The van der Waals surface area contributed by atoms with Gasteiger partial charge in [-0.05, 0) is 61.1 Å². The highest BCUT2D eigenvalue weighted by Gasteiger charge is 2.34. The third-order valence-electron chi connectivity index (χ3n) is 7.58. The molecule has 3 aromatic carbocycles. The van der Waals surface area contributed by atoms with Crippen molar-refractivity contribution in [2.24, 2.45) is 5.92 Å². The van der Waals surface area contributed by atoms with Gasteiger partial charge in [0.1, 0.15) is 6.61 Å². The Morgan fingerprint density at radius 1 is 0.769 bits per heavy atom. The molecule has 7 nitrogen and oxygen atoms in total. The van der Waals surface area contributed by atoms with Crippen LogP contribution in [0.5, 0.6) is 0 Å². The summed E-state index contributed by atoms with van der Waals surface area (Å²) in [6.07, 6.45) is 4.54. The first kappa shape index (κ1) is 26.4. The van der Waals surface area contributed by atoms with E-state index in [1.807, 2.05) is 35.2 Å². The number of esters is 1. The number of amides is 3. The Morgan fingerprint density at radius 3 is 2.10 bits per heavy atom. The standard InChI is InChI=1S/C32H32N2O5/c35-29(25-12-8-13-26(21-25)32(38)39-22-24-10-2-1-3-11-24)33-19-16-23(17-20-33)9-6-7-18-34-30(36)27-14-4-5-15-28(27)31(34)37/h1-5,8,10-15,21,23H,6-7,9,16-20,22H2. The first-order chi connectivity index (χ1) is 19.0. The van der Waals surface area contributed by atoms with Gasteiger partial charge in [0.15, 0.2) is 0 Å². The molecule has 0 bridgehead atoms. The monoisotopic (exact) mass is 524 g/mol. The number of imide groups is 1. The lowest BCUT2D eigenvalue weighted by Crippen LogP contribution is -2.38. The zero-order chi connectivity index (χ0) is 27.2. The summed E-state index contributed by atoms with van der Waals surface area (Å²) in [5.74, 6) is -0.410. The van der Waals surface area contributed by atoms with Crippen LogP contribution in [0.1, 0.15) is 79.1 Å². The summed E-state index contributed by atoms with van der Waals surface area (Å²) in [6.45, 7) is 1.96. The fourth-order valence-corrected chi connectivity index (χ4v) is 5.34. The van der Waals surface area contributed by atoms with Crippen LogP contribution >= 0.6 is 0 Å². The molecule has 3 amide bonds. The van der Waals surface area contributed by atoms with Gasteiger partial charge in [-0.25, -0.2) is 4.79 Å². The molecule has 0 radical (unpaired) electrons. The molecule has 200 valence electrons. The number of nitrogens with zero attached hydrogens (tertiary/aromatic N) is 2. The zero-order valence-corrected chi connectivity index (χ0v) is 21.9. The minimum absolute atomic E-state index is 0.0724. The molecular weight excluding hydrogens is 492 g/mol. The lowest BCUT2D eigenvalue weighted by atomic mass is 9.91. The molecule has 3 aromatic rings. The van der Waals surface area contributed by atoms with Crippen LogP contribution in [0.15, 0.2) is 78.9 Å². The number of likely N-dealkylation sites (tertiary alicyclic amines) is 1. The number of benzene rings is 3. The van der Waals surface area contributed by atoms with E-state index in [0.29, 0.717) is 47.8 Å².